The maximum absolute atomic E-state index is 12.6. The van der Waals surface area contributed by atoms with Crippen LogP contribution in [0.3, 0.4) is 0 Å². The van der Waals surface area contributed by atoms with Crippen LogP contribution in [-0.2, 0) is 9.53 Å². The van der Waals surface area contributed by atoms with Crippen LogP contribution >= 0.6 is 0 Å². The number of rotatable bonds is 4. The highest BCUT2D eigenvalue weighted by Crippen LogP contribution is 2.60. The first kappa shape index (κ1) is 14.4. The highest BCUT2D eigenvalue weighted by molar-refractivity contribution is 5.76. The number of hydrogen-bond donors (Lipinski definition) is 0. The van der Waals surface area contributed by atoms with Crippen molar-refractivity contribution in [2.24, 2.45) is 29.1 Å². The van der Waals surface area contributed by atoms with Gasteiger partial charge in [-0.25, -0.2) is 0 Å². The van der Waals surface area contributed by atoms with Gasteiger partial charge in [-0.3, -0.25) is 4.79 Å². The zero-order chi connectivity index (χ0) is 14.5. The van der Waals surface area contributed by atoms with Gasteiger partial charge in [0.2, 0.25) is 0 Å². The van der Waals surface area contributed by atoms with E-state index < -0.39 is 0 Å². The molecule has 0 amide bonds. The monoisotopic (exact) mass is 278 g/mol. The third-order valence-electron chi connectivity index (χ3n) is 6.79. The second-order valence-corrected chi connectivity index (χ2v) is 8.24. The smallest absolute Gasteiger partial charge is 0.312 e. The molecule has 0 aliphatic heterocycles. The topological polar surface area (TPSA) is 26.3 Å². The second-order valence-electron chi connectivity index (χ2n) is 8.24. The number of ether oxygens (including phenoxy) is 1. The first-order valence-corrected chi connectivity index (χ1v) is 8.64. The van der Waals surface area contributed by atoms with E-state index in [1.54, 1.807) is 0 Å². The quantitative estimate of drug-likeness (QED) is 0.704. The Kier molecular flexibility index (Phi) is 3.42. The standard InChI is InChI=1S/C18H30O2/c1-5-17(3,4)16(19)20-18(6-2)14-8-12-7-13(10-14)11-15(18)9-12/h12-15H,5-11H2,1-4H3. The van der Waals surface area contributed by atoms with Crippen LogP contribution < -0.4 is 0 Å². The van der Waals surface area contributed by atoms with Crippen LogP contribution in [0.4, 0.5) is 0 Å². The fourth-order valence-electron chi connectivity index (χ4n) is 5.25. The number of esters is 1. The van der Waals surface area contributed by atoms with E-state index in [2.05, 4.69) is 13.8 Å². The van der Waals surface area contributed by atoms with Gasteiger partial charge in [0.25, 0.3) is 0 Å². The van der Waals surface area contributed by atoms with E-state index in [4.69, 9.17) is 4.74 Å². The molecule has 4 bridgehead atoms. The van der Waals surface area contributed by atoms with Crippen LogP contribution in [0.15, 0.2) is 0 Å². The maximum atomic E-state index is 12.6. The maximum Gasteiger partial charge on any atom is 0.312 e. The van der Waals surface area contributed by atoms with E-state index in [1.165, 1.54) is 32.1 Å². The Bertz CT molecular complexity index is 368. The zero-order valence-corrected chi connectivity index (χ0v) is 13.6. The summed E-state index contributed by atoms with van der Waals surface area (Å²) in [7, 11) is 0. The Morgan fingerprint density at radius 1 is 1.05 bits per heavy atom. The minimum Gasteiger partial charge on any atom is -0.458 e. The summed E-state index contributed by atoms with van der Waals surface area (Å²) < 4.78 is 6.28. The van der Waals surface area contributed by atoms with Crippen LogP contribution in [0.5, 0.6) is 0 Å². The highest BCUT2D eigenvalue weighted by Gasteiger charge is 2.59. The molecule has 20 heavy (non-hydrogen) atoms. The molecule has 4 aliphatic rings. The fourth-order valence-corrected chi connectivity index (χ4v) is 5.25. The summed E-state index contributed by atoms with van der Waals surface area (Å²) in [5.74, 6) is 3.17. The van der Waals surface area contributed by atoms with Crippen molar-refractivity contribution in [3.8, 4) is 0 Å². The molecule has 4 saturated carbocycles. The van der Waals surface area contributed by atoms with Crippen LogP contribution in [0.25, 0.3) is 0 Å². The fraction of sp³-hybridized carbons (Fsp3) is 0.944. The van der Waals surface area contributed by atoms with Crippen LogP contribution in [-0.4, -0.2) is 11.6 Å². The molecule has 0 atom stereocenters. The van der Waals surface area contributed by atoms with Gasteiger partial charge in [-0.1, -0.05) is 13.8 Å². The molecule has 0 aromatic rings. The van der Waals surface area contributed by atoms with Gasteiger partial charge in [0.15, 0.2) is 0 Å². The predicted octanol–water partition coefficient (Wildman–Crippen LogP) is 4.57. The van der Waals surface area contributed by atoms with Crippen LogP contribution in [0.1, 0.15) is 72.6 Å². The van der Waals surface area contributed by atoms with E-state index in [9.17, 15) is 4.79 Å². The van der Waals surface area contributed by atoms with Crippen molar-refractivity contribution in [3.63, 3.8) is 0 Å². The van der Waals surface area contributed by atoms with Crippen molar-refractivity contribution in [2.75, 3.05) is 0 Å². The molecule has 0 heterocycles. The van der Waals surface area contributed by atoms with Gasteiger partial charge in [0, 0.05) is 0 Å². The van der Waals surface area contributed by atoms with Crippen molar-refractivity contribution in [1.29, 1.82) is 0 Å². The molecule has 114 valence electrons. The molecular formula is C18H30O2. The van der Waals surface area contributed by atoms with E-state index in [-0.39, 0.29) is 17.0 Å². The van der Waals surface area contributed by atoms with E-state index in [1.807, 2.05) is 13.8 Å². The minimum absolute atomic E-state index is 0.0364. The summed E-state index contributed by atoms with van der Waals surface area (Å²) in [6.07, 6.45) is 8.53. The predicted molar refractivity (Wildman–Crippen MR) is 80.2 cm³/mol. The first-order chi connectivity index (χ1) is 9.41. The lowest BCUT2D eigenvalue weighted by Crippen LogP contribution is -2.60. The van der Waals surface area contributed by atoms with Gasteiger partial charge in [-0.05, 0) is 82.5 Å². The molecule has 2 nitrogen and oxygen atoms in total. The molecule has 4 aliphatic carbocycles. The zero-order valence-electron chi connectivity index (χ0n) is 13.6. The Morgan fingerprint density at radius 3 is 1.95 bits per heavy atom. The van der Waals surface area contributed by atoms with Crippen molar-refractivity contribution in [2.45, 2.75) is 78.2 Å². The first-order valence-electron chi connectivity index (χ1n) is 8.64. The third-order valence-corrected chi connectivity index (χ3v) is 6.79. The molecular weight excluding hydrogens is 248 g/mol. The van der Waals surface area contributed by atoms with Crippen molar-refractivity contribution < 1.29 is 9.53 Å². The highest BCUT2D eigenvalue weighted by atomic mass is 16.6. The van der Waals surface area contributed by atoms with Gasteiger partial charge in [0.05, 0.1) is 5.41 Å². The molecule has 0 N–H and O–H groups in total. The number of carbonyl (C=O) groups is 1. The Morgan fingerprint density at radius 2 is 1.55 bits per heavy atom. The van der Waals surface area contributed by atoms with E-state index in [0.29, 0.717) is 11.8 Å². The Labute approximate surface area is 123 Å². The Hall–Kier alpha value is -0.530. The lowest BCUT2D eigenvalue weighted by molar-refractivity contribution is -0.218. The summed E-state index contributed by atoms with van der Waals surface area (Å²) in [6, 6.07) is 0. The van der Waals surface area contributed by atoms with Crippen molar-refractivity contribution >= 4 is 5.97 Å². The molecule has 0 saturated heterocycles. The summed E-state index contributed by atoms with van der Waals surface area (Å²) in [5, 5.41) is 0. The van der Waals surface area contributed by atoms with Crippen molar-refractivity contribution in [3.05, 3.63) is 0 Å². The molecule has 0 unspecified atom stereocenters. The third kappa shape index (κ3) is 2.02. The summed E-state index contributed by atoms with van der Waals surface area (Å²) in [5.41, 5.74) is -0.465. The van der Waals surface area contributed by atoms with Gasteiger partial charge < -0.3 is 4.74 Å². The summed E-state index contributed by atoms with van der Waals surface area (Å²) in [4.78, 5) is 12.6. The van der Waals surface area contributed by atoms with E-state index >= 15 is 0 Å². The van der Waals surface area contributed by atoms with Gasteiger partial charge in [-0.15, -0.1) is 0 Å². The molecule has 0 radical (unpaired) electrons. The van der Waals surface area contributed by atoms with Crippen molar-refractivity contribution in [1.82, 2.24) is 0 Å². The second kappa shape index (κ2) is 4.74. The molecule has 4 rings (SSSR count). The summed E-state index contributed by atoms with van der Waals surface area (Å²) >= 11 is 0. The molecule has 2 heteroatoms. The molecule has 0 spiro atoms. The average molecular weight is 278 g/mol. The SMILES string of the molecule is CCC(C)(C)C(=O)OC1(CC)C2CC3CC(C2)CC1C3. The lowest BCUT2D eigenvalue weighted by atomic mass is 9.49. The van der Waals surface area contributed by atoms with Gasteiger partial charge in [-0.2, -0.15) is 0 Å². The number of carbonyl (C=O) groups excluding carboxylic acids is 1. The molecule has 4 fully saturated rings. The number of hydrogen-bond acceptors (Lipinski definition) is 2. The van der Waals surface area contributed by atoms with Gasteiger partial charge >= 0.3 is 5.97 Å². The lowest BCUT2D eigenvalue weighted by Gasteiger charge is -2.60. The van der Waals surface area contributed by atoms with E-state index in [0.717, 1.165) is 24.7 Å². The largest absolute Gasteiger partial charge is 0.458 e. The Balaban J connectivity index is 1.83. The van der Waals surface area contributed by atoms with Crippen LogP contribution in [0, 0.1) is 29.1 Å². The average Bonchev–Trinajstić information content (AvgIpc) is 2.42. The molecule has 0 aromatic heterocycles. The minimum atomic E-state index is -0.336. The van der Waals surface area contributed by atoms with Crippen LogP contribution in [0.2, 0.25) is 0 Å². The molecule has 0 aromatic carbocycles. The normalized spacial score (nSPS) is 42.8. The summed E-state index contributed by atoms with van der Waals surface area (Å²) in [6.45, 7) is 8.36. The van der Waals surface area contributed by atoms with Gasteiger partial charge in [0.1, 0.15) is 5.60 Å².